The summed E-state index contributed by atoms with van der Waals surface area (Å²) >= 11 is 0. The molecule has 2 aliphatic rings. The molecule has 7 nitrogen and oxygen atoms in total. The molecular formula is C26H32N6O. The standard InChI is InChI=1S/C26H32N6O/c1-32(2)25-21-8-4-6-10-23(21)30-26(31-25)29-19-13-11-18(12-14-19)28-24(33)15-17-16-27-22-9-5-3-7-20(17)22/h4,6-10,16,18-19,27H,3,5,11-15H2,1-2H3,(H,28,33)(H,29,30,31). The van der Waals surface area contributed by atoms with Crippen LogP contribution < -0.4 is 26.1 Å². The van der Waals surface area contributed by atoms with Crippen LogP contribution >= 0.6 is 0 Å². The molecule has 0 atom stereocenters. The zero-order valence-electron chi connectivity index (χ0n) is 19.4. The van der Waals surface area contributed by atoms with Gasteiger partial charge in [0.25, 0.3) is 0 Å². The number of hydrogen-bond acceptors (Lipinski definition) is 5. The molecule has 0 spiro atoms. The van der Waals surface area contributed by atoms with Crippen LogP contribution in [0.4, 0.5) is 11.8 Å². The molecule has 2 aliphatic carbocycles. The lowest BCUT2D eigenvalue weighted by atomic mass is 9.91. The second-order valence-electron chi connectivity index (χ2n) is 9.35. The Kier molecular flexibility index (Phi) is 6.03. The fraction of sp³-hybridized carbons (Fsp3) is 0.423. The monoisotopic (exact) mass is 444 g/mol. The molecule has 1 fully saturated rings. The van der Waals surface area contributed by atoms with Gasteiger partial charge in [0.1, 0.15) is 5.82 Å². The molecule has 0 aliphatic heterocycles. The molecule has 2 aromatic heterocycles. The van der Waals surface area contributed by atoms with Gasteiger partial charge in [0.2, 0.25) is 11.9 Å². The van der Waals surface area contributed by atoms with Gasteiger partial charge in [-0.15, -0.1) is 0 Å². The summed E-state index contributed by atoms with van der Waals surface area (Å²) in [5.41, 5.74) is 2.04. The molecule has 3 N–H and O–H groups in total. The third kappa shape index (κ3) is 4.72. The lowest BCUT2D eigenvalue weighted by Gasteiger charge is -2.30. The number of benzene rings is 1. The van der Waals surface area contributed by atoms with Crippen LogP contribution in [-0.4, -0.2) is 47.0 Å². The fourth-order valence-electron chi connectivity index (χ4n) is 4.99. The lowest BCUT2D eigenvalue weighted by Crippen LogP contribution is -2.41. The number of para-hydroxylation sites is 1. The van der Waals surface area contributed by atoms with Crippen LogP contribution in [0.3, 0.4) is 0 Å². The molecular weight excluding hydrogens is 412 g/mol. The number of anilines is 2. The molecule has 1 amide bonds. The summed E-state index contributed by atoms with van der Waals surface area (Å²) in [5.74, 6) is 1.71. The molecule has 5 rings (SSSR count). The van der Waals surface area contributed by atoms with Gasteiger partial charge in [-0.2, -0.15) is 4.98 Å². The van der Waals surface area contributed by atoms with Crippen molar-refractivity contribution in [3.63, 3.8) is 0 Å². The Hall–Kier alpha value is -3.35. The van der Waals surface area contributed by atoms with E-state index < -0.39 is 0 Å². The molecule has 33 heavy (non-hydrogen) atoms. The zero-order valence-corrected chi connectivity index (χ0v) is 19.4. The van der Waals surface area contributed by atoms with Gasteiger partial charge in [0.15, 0.2) is 0 Å². The summed E-state index contributed by atoms with van der Waals surface area (Å²) in [7, 11) is 4.01. The van der Waals surface area contributed by atoms with Crippen LogP contribution in [0.2, 0.25) is 0 Å². The maximum atomic E-state index is 12.7. The SMILES string of the molecule is CN(C)c1nc(NC2CCC(NC(=O)Cc3c[nH]c4c3=CCCC=4)CC2)nc2ccccc12. The fourth-order valence-corrected chi connectivity index (χ4v) is 4.99. The number of aromatic amines is 1. The first-order valence-electron chi connectivity index (χ1n) is 11.9. The Morgan fingerprint density at radius 3 is 2.64 bits per heavy atom. The maximum Gasteiger partial charge on any atom is 0.225 e. The van der Waals surface area contributed by atoms with Crippen molar-refractivity contribution in [2.24, 2.45) is 0 Å². The summed E-state index contributed by atoms with van der Waals surface area (Å²) in [5, 5.41) is 10.2. The van der Waals surface area contributed by atoms with Gasteiger partial charge in [0.05, 0.1) is 11.9 Å². The van der Waals surface area contributed by atoms with Crippen molar-refractivity contribution in [2.75, 3.05) is 24.3 Å². The first-order valence-corrected chi connectivity index (χ1v) is 11.9. The third-order valence-electron chi connectivity index (χ3n) is 6.68. The molecule has 0 saturated heterocycles. The van der Waals surface area contributed by atoms with Gasteiger partial charge in [-0.05, 0) is 61.4 Å². The van der Waals surface area contributed by atoms with Gasteiger partial charge >= 0.3 is 0 Å². The normalized spacial score (nSPS) is 19.8. The quantitative estimate of drug-likeness (QED) is 0.544. The Morgan fingerprint density at radius 1 is 1.06 bits per heavy atom. The van der Waals surface area contributed by atoms with Gasteiger partial charge in [0, 0.05) is 43.1 Å². The lowest BCUT2D eigenvalue weighted by molar-refractivity contribution is -0.121. The highest BCUT2D eigenvalue weighted by Crippen LogP contribution is 2.26. The minimum Gasteiger partial charge on any atom is -0.362 e. The molecule has 2 heterocycles. The molecule has 7 heteroatoms. The minimum atomic E-state index is 0.112. The van der Waals surface area contributed by atoms with Crippen LogP contribution in [0.25, 0.3) is 23.1 Å². The highest BCUT2D eigenvalue weighted by molar-refractivity contribution is 5.90. The summed E-state index contributed by atoms with van der Waals surface area (Å²) in [6, 6.07) is 8.65. The van der Waals surface area contributed by atoms with Crippen molar-refractivity contribution in [3.8, 4) is 0 Å². The van der Waals surface area contributed by atoms with Gasteiger partial charge in [-0.25, -0.2) is 4.98 Å². The smallest absolute Gasteiger partial charge is 0.225 e. The van der Waals surface area contributed by atoms with Gasteiger partial charge < -0.3 is 20.5 Å². The number of carbonyl (C=O) groups is 1. The van der Waals surface area contributed by atoms with E-state index in [2.05, 4.69) is 33.8 Å². The van der Waals surface area contributed by atoms with Crippen LogP contribution in [0.15, 0.2) is 30.5 Å². The third-order valence-corrected chi connectivity index (χ3v) is 6.68. The van der Waals surface area contributed by atoms with E-state index in [9.17, 15) is 4.79 Å². The largest absolute Gasteiger partial charge is 0.362 e. The Morgan fingerprint density at radius 2 is 1.82 bits per heavy atom. The van der Waals surface area contributed by atoms with Crippen molar-refractivity contribution in [1.29, 1.82) is 0 Å². The van der Waals surface area contributed by atoms with Gasteiger partial charge in [-0.1, -0.05) is 24.3 Å². The number of nitrogens with zero attached hydrogens (tertiary/aromatic N) is 3. The number of aromatic nitrogens is 3. The predicted octanol–water partition coefficient (Wildman–Crippen LogP) is 2.46. The van der Waals surface area contributed by atoms with E-state index in [0.717, 1.165) is 66.2 Å². The molecule has 0 unspecified atom stereocenters. The molecule has 3 aromatic rings. The van der Waals surface area contributed by atoms with E-state index in [1.807, 2.05) is 43.4 Å². The molecule has 0 bridgehead atoms. The second-order valence-corrected chi connectivity index (χ2v) is 9.35. The predicted molar refractivity (Wildman–Crippen MR) is 134 cm³/mol. The molecule has 172 valence electrons. The summed E-state index contributed by atoms with van der Waals surface area (Å²) < 4.78 is 0. The van der Waals surface area contributed by atoms with E-state index in [-0.39, 0.29) is 11.9 Å². The summed E-state index contributed by atoms with van der Waals surface area (Å²) in [6.45, 7) is 0. The number of hydrogen-bond donors (Lipinski definition) is 3. The Labute approximate surface area is 194 Å². The van der Waals surface area contributed by atoms with Crippen LogP contribution in [-0.2, 0) is 11.2 Å². The number of fused-ring (bicyclic) bond motifs is 2. The number of rotatable bonds is 6. The number of nitrogens with one attached hydrogen (secondary N) is 3. The summed E-state index contributed by atoms with van der Waals surface area (Å²) in [4.78, 5) is 27.5. The van der Waals surface area contributed by atoms with Crippen LogP contribution in [0, 0.1) is 0 Å². The number of amides is 1. The van der Waals surface area contributed by atoms with Crippen molar-refractivity contribution >= 4 is 40.7 Å². The van der Waals surface area contributed by atoms with Crippen molar-refractivity contribution in [3.05, 3.63) is 46.6 Å². The van der Waals surface area contributed by atoms with Gasteiger partial charge in [-0.3, -0.25) is 4.79 Å². The average Bonchev–Trinajstić information content (AvgIpc) is 3.22. The molecule has 1 aromatic carbocycles. The van der Waals surface area contributed by atoms with E-state index in [1.54, 1.807) is 0 Å². The van der Waals surface area contributed by atoms with Crippen LogP contribution in [0.1, 0.15) is 44.1 Å². The Bertz CT molecular complexity index is 1270. The van der Waals surface area contributed by atoms with Crippen LogP contribution in [0.5, 0.6) is 0 Å². The van der Waals surface area contributed by atoms with Crippen molar-refractivity contribution in [2.45, 2.75) is 57.0 Å². The Balaban J connectivity index is 1.17. The number of H-pyrrole nitrogens is 1. The van der Waals surface area contributed by atoms with E-state index in [0.29, 0.717) is 18.4 Å². The second kappa shape index (κ2) is 9.25. The van der Waals surface area contributed by atoms with Crippen molar-refractivity contribution < 1.29 is 4.79 Å². The van der Waals surface area contributed by atoms with E-state index in [1.165, 1.54) is 5.22 Å². The molecule has 0 radical (unpaired) electrons. The topological polar surface area (TPSA) is 85.9 Å². The summed E-state index contributed by atoms with van der Waals surface area (Å²) in [6.07, 6.45) is 12.9. The first-order chi connectivity index (χ1) is 16.1. The maximum absolute atomic E-state index is 12.7. The number of carbonyl (C=O) groups excluding carboxylic acids is 1. The highest BCUT2D eigenvalue weighted by Gasteiger charge is 2.23. The van der Waals surface area contributed by atoms with Crippen molar-refractivity contribution in [1.82, 2.24) is 20.3 Å². The first kappa shape index (κ1) is 21.5. The average molecular weight is 445 g/mol. The molecule has 1 saturated carbocycles. The van der Waals surface area contributed by atoms with E-state index >= 15 is 0 Å². The van der Waals surface area contributed by atoms with E-state index in [4.69, 9.17) is 9.97 Å². The minimum absolute atomic E-state index is 0.112. The zero-order chi connectivity index (χ0) is 22.8. The highest BCUT2D eigenvalue weighted by atomic mass is 16.1.